The zero-order valence-corrected chi connectivity index (χ0v) is 11.6. The third-order valence-corrected chi connectivity index (χ3v) is 3.22. The molecule has 0 saturated carbocycles. The molecule has 0 bridgehead atoms. The Kier molecular flexibility index (Phi) is 4.09. The molecule has 0 atom stereocenters. The first-order chi connectivity index (χ1) is 8.56. The number of anilines is 1. The minimum Gasteiger partial charge on any atom is -0.487 e. The van der Waals surface area contributed by atoms with Crippen LogP contribution < -0.4 is 10.5 Å². The van der Waals surface area contributed by atoms with E-state index in [1.54, 1.807) is 12.1 Å². The fraction of sp³-hybridized carbons (Fsp3) is 0.0769. The van der Waals surface area contributed by atoms with Crippen LogP contribution in [0.25, 0.3) is 0 Å². The number of halogens is 3. The van der Waals surface area contributed by atoms with Gasteiger partial charge in [0, 0.05) is 11.1 Å². The number of hydrogen-bond donors (Lipinski definition) is 1. The summed E-state index contributed by atoms with van der Waals surface area (Å²) in [5.41, 5.74) is 6.90. The Bertz CT molecular complexity index is 560. The molecule has 0 radical (unpaired) electrons. The molecule has 0 aliphatic heterocycles. The molecule has 0 fully saturated rings. The average Bonchev–Trinajstić information content (AvgIpc) is 2.34. The lowest BCUT2D eigenvalue weighted by atomic mass is 10.2. The lowest BCUT2D eigenvalue weighted by Crippen LogP contribution is -1.99. The van der Waals surface area contributed by atoms with E-state index in [1.165, 1.54) is 12.1 Å². The van der Waals surface area contributed by atoms with Gasteiger partial charge in [0.05, 0.1) is 10.2 Å². The normalized spacial score (nSPS) is 10.4. The van der Waals surface area contributed by atoms with Crippen LogP contribution >= 0.6 is 27.5 Å². The van der Waals surface area contributed by atoms with E-state index in [0.29, 0.717) is 21.9 Å². The summed E-state index contributed by atoms with van der Waals surface area (Å²) in [5.74, 6) is 0.0320. The van der Waals surface area contributed by atoms with E-state index in [0.717, 1.165) is 5.56 Å². The second kappa shape index (κ2) is 5.59. The van der Waals surface area contributed by atoms with Gasteiger partial charge in [-0.2, -0.15) is 0 Å². The van der Waals surface area contributed by atoms with Crippen LogP contribution in [0, 0.1) is 5.82 Å². The average molecular weight is 331 g/mol. The van der Waals surface area contributed by atoms with E-state index in [2.05, 4.69) is 15.9 Å². The van der Waals surface area contributed by atoms with Crippen molar-refractivity contribution in [3.8, 4) is 5.75 Å². The van der Waals surface area contributed by atoms with Gasteiger partial charge in [-0.3, -0.25) is 0 Å². The molecule has 0 aromatic heterocycles. The number of benzene rings is 2. The summed E-state index contributed by atoms with van der Waals surface area (Å²) in [5, 5.41) is 0.669. The van der Waals surface area contributed by atoms with Crippen molar-refractivity contribution < 1.29 is 9.13 Å². The van der Waals surface area contributed by atoms with Gasteiger partial charge >= 0.3 is 0 Å². The van der Waals surface area contributed by atoms with Crippen molar-refractivity contribution in [2.75, 3.05) is 5.73 Å². The molecule has 2 rings (SSSR count). The van der Waals surface area contributed by atoms with Crippen molar-refractivity contribution in [1.82, 2.24) is 0 Å². The summed E-state index contributed by atoms with van der Waals surface area (Å²) >= 11 is 8.87. The summed E-state index contributed by atoms with van der Waals surface area (Å²) in [7, 11) is 0. The van der Waals surface area contributed by atoms with Gasteiger partial charge in [0.2, 0.25) is 0 Å². The van der Waals surface area contributed by atoms with Gasteiger partial charge in [-0.1, -0.05) is 23.7 Å². The Balaban J connectivity index is 2.10. The van der Waals surface area contributed by atoms with Crippen molar-refractivity contribution in [2.45, 2.75) is 6.61 Å². The third-order valence-electron chi connectivity index (χ3n) is 2.36. The molecule has 2 N–H and O–H groups in total. The number of nitrogen functional groups attached to an aromatic ring is 1. The third kappa shape index (κ3) is 3.15. The topological polar surface area (TPSA) is 35.2 Å². The van der Waals surface area contributed by atoms with E-state index in [4.69, 9.17) is 22.1 Å². The molecule has 0 spiro atoms. The van der Waals surface area contributed by atoms with Gasteiger partial charge in [0.1, 0.15) is 18.2 Å². The molecule has 0 aliphatic carbocycles. The first kappa shape index (κ1) is 13.2. The van der Waals surface area contributed by atoms with Gasteiger partial charge in [-0.25, -0.2) is 4.39 Å². The summed E-state index contributed by atoms with van der Waals surface area (Å²) < 4.78 is 19.0. The maximum absolute atomic E-state index is 13.2. The maximum atomic E-state index is 13.2. The molecule has 5 heteroatoms. The minimum atomic E-state index is -0.411. The molecule has 2 nitrogen and oxygen atoms in total. The first-order valence-electron chi connectivity index (χ1n) is 5.18. The van der Waals surface area contributed by atoms with Gasteiger partial charge in [0.15, 0.2) is 0 Å². The molecule has 2 aromatic rings. The van der Waals surface area contributed by atoms with Crippen LogP contribution in [0.5, 0.6) is 5.75 Å². The van der Waals surface area contributed by atoms with E-state index in [1.807, 2.05) is 12.1 Å². The van der Waals surface area contributed by atoms with Gasteiger partial charge in [-0.05, 0) is 39.7 Å². The number of hydrogen-bond acceptors (Lipinski definition) is 2. The highest BCUT2D eigenvalue weighted by atomic mass is 79.9. The zero-order valence-electron chi connectivity index (χ0n) is 9.29. The summed E-state index contributed by atoms with van der Waals surface area (Å²) in [6, 6.07) is 10.0. The van der Waals surface area contributed by atoms with Crippen molar-refractivity contribution in [3.05, 3.63) is 57.3 Å². The molecule has 0 unspecified atom stereocenters. The van der Waals surface area contributed by atoms with E-state index >= 15 is 0 Å². The fourth-order valence-corrected chi connectivity index (χ4v) is 1.86. The monoisotopic (exact) mass is 329 g/mol. The van der Waals surface area contributed by atoms with E-state index in [9.17, 15) is 4.39 Å². The predicted octanol–water partition coefficient (Wildman–Crippen LogP) is 4.40. The highest BCUT2D eigenvalue weighted by molar-refractivity contribution is 9.10. The molecule has 0 saturated heterocycles. The van der Waals surface area contributed by atoms with Gasteiger partial charge in [0.25, 0.3) is 0 Å². The maximum Gasteiger partial charge on any atom is 0.144 e. The Morgan fingerprint density at radius 2 is 1.89 bits per heavy atom. The molecule has 0 heterocycles. The quantitative estimate of drug-likeness (QED) is 0.846. The highest BCUT2D eigenvalue weighted by Crippen LogP contribution is 2.29. The molecular weight excluding hydrogens is 321 g/mol. The molecule has 18 heavy (non-hydrogen) atoms. The molecule has 0 amide bonds. The lowest BCUT2D eigenvalue weighted by molar-refractivity contribution is 0.307. The number of nitrogens with two attached hydrogens (primary N) is 1. The Morgan fingerprint density at radius 1 is 1.22 bits per heavy atom. The van der Waals surface area contributed by atoms with E-state index < -0.39 is 5.82 Å². The van der Waals surface area contributed by atoms with Crippen LogP contribution in [0.2, 0.25) is 5.02 Å². The van der Waals surface area contributed by atoms with Crippen LogP contribution in [0.15, 0.2) is 40.9 Å². The lowest BCUT2D eigenvalue weighted by Gasteiger charge is -2.10. The van der Waals surface area contributed by atoms with Crippen LogP contribution in [-0.4, -0.2) is 0 Å². The standard InChI is InChI=1S/C13H10BrClFNO/c14-10-5-13(12(17)6-11(10)16)18-7-8-1-3-9(15)4-2-8/h1-6H,7,17H2. The highest BCUT2D eigenvalue weighted by Gasteiger charge is 2.07. The summed E-state index contributed by atoms with van der Waals surface area (Å²) in [6.45, 7) is 0.347. The Hall–Kier alpha value is -1.26. The van der Waals surface area contributed by atoms with Crippen LogP contribution in [0.1, 0.15) is 5.56 Å². The Morgan fingerprint density at radius 3 is 2.56 bits per heavy atom. The predicted molar refractivity (Wildman–Crippen MR) is 74.3 cm³/mol. The largest absolute Gasteiger partial charge is 0.487 e. The second-order valence-corrected chi connectivity index (χ2v) is 5.01. The zero-order chi connectivity index (χ0) is 13.1. The molecule has 0 aliphatic rings. The number of ether oxygens (including phenoxy) is 1. The molecule has 94 valence electrons. The fourth-order valence-electron chi connectivity index (χ4n) is 1.41. The van der Waals surface area contributed by atoms with Crippen molar-refractivity contribution in [1.29, 1.82) is 0 Å². The molecule has 2 aromatic carbocycles. The van der Waals surface area contributed by atoms with Crippen molar-refractivity contribution >= 4 is 33.2 Å². The van der Waals surface area contributed by atoms with Crippen molar-refractivity contribution in [2.24, 2.45) is 0 Å². The second-order valence-electron chi connectivity index (χ2n) is 3.72. The summed E-state index contributed by atoms with van der Waals surface area (Å²) in [4.78, 5) is 0. The smallest absolute Gasteiger partial charge is 0.144 e. The first-order valence-corrected chi connectivity index (χ1v) is 6.35. The summed E-state index contributed by atoms with van der Waals surface area (Å²) in [6.07, 6.45) is 0. The SMILES string of the molecule is Nc1cc(F)c(Br)cc1OCc1ccc(Cl)cc1. The van der Waals surface area contributed by atoms with Crippen molar-refractivity contribution in [3.63, 3.8) is 0 Å². The van der Waals surface area contributed by atoms with Crippen LogP contribution in [0.3, 0.4) is 0 Å². The Labute approximate surface area is 118 Å². The van der Waals surface area contributed by atoms with Crippen LogP contribution in [-0.2, 0) is 6.61 Å². The van der Waals surface area contributed by atoms with Crippen LogP contribution in [0.4, 0.5) is 10.1 Å². The minimum absolute atomic E-state index is 0.268. The van der Waals surface area contributed by atoms with Gasteiger partial charge in [-0.15, -0.1) is 0 Å². The van der Waals surface area contributed by atoms with E-state index in [-0.39, 0.29) is 5.69 Å². The van der Waals surface area contributed by atoms with Gasteiger partial charge < -0.3 is 10.5 Å². The number of rotatable bonds is 3. The molecular formula is C13H10BrClFNO.